The molecule has 0 radical (unpaired) electrons. The smallest absolute Gasteiger partial charge is 0.182 e. The fourth-order valence-electron chi connectivity index (χ4n) is 3.25. The quantitative estimate of drug-likeness (QED) is 0.748. The van der Waals surface area contributed by atoms with E-state index in [-0.39, 0.29) is 0 Å². The van der Waals surface area contributed by atoms with Gasteiger partial charge in [-0.2, -0.15) is 0 Å². The zero-order valence-electron chi connectivity index (χ0n) is 14.8. The molecule has 134 valence electrons. The zero-order chi connectivity index (χ0) is 18.9. The molecule has 5 nitrogen and oxygen atoms in total. The summed E-state index contributed by atoms with van der Waals surface area (Å²) in [5, 5.41) is 0.597. The molecule has 1 aliphatic heterocycles. The van der Waals surface area contributed by atoms with Crippen LogP contribution in [0, 0.1) is 0 Å². The van der Waals surface area contributed by atoms with Crippen LogP contribution in [0.3, 0.4) is 0 Å². The first-order valence-electron chi connectivity index (χ1n) is 8.58. The summed E-state index contributed by atoms with van der Waals surface area (Å²) in [7, 11) is 0. The third kappa shape index (κ3) is 3.46. The molecule has 0 amide bonds. The molecule has 3 aromatic rings. The Labute approximate surface area is 162 Å². The first kappa shape index (κ1) is 17.4. The second-order valence-corrected chi connectivity index (χ2v) is 6.96. The van der Waals surface area contributed by atoms with Crippen molar-refractivity contribution in [3.05, 3.63) is 83.4 Å². The monoisotopic (exact) mass is 375 g/mol. The Morgan fingerprint density at radius 2 is 1.85 bits per heavy atom. The van der Waals surface area contributed by atoms with Crippen LogP contribution in [0.5, 0.6) is 0 Å². The van der Waals surface area contributed by atoms with Crippen LogP contribution < -0.4 is 5.73 Å². The summed E-state index contributed by atoms with van der Waals surface area (Å²) in [6.07, 6.45) is 7.58. The van der Waals surface area contributed by atoms with Crippen LogP contribution in [-0.2, 0) is 12.1 Å². The normalized spacial score (nSPS) is 18.9. The summed E-state index contributed by atoms with van der Waals surface area (Å²) in [6.45, 7) is 1.88. The first-order chi connectivity index (χ1) is 13.1. The molecule has 1 atom stereocenters. The van der Waals surface area contributed by atoms with E-state index in [1.165, 1.54) is 0 Å². The highest BCUT2D eigenvalue weighted by molar-refractivity contribution is 6.41. The van der Waals surface area contributed by atoms with Crippen LogP contribution in [0.4, 0.5) is 0 Å². The van der Waals surface area contributed by atoms with Gasteiger partial charge in [-0.25, -0.2) is 4.99 Å². The number of aliphatic imine (C=N–C) groups is 2. The molecule has 0 bridgehead atoms. The number of pyridine rings is 2. The maximum atomic E-state index is 6.10. The Bertz CT molecular complexity index is 1030. The van der Waals surface area contributed by atoms with E-state index in [2.05, 4.69) is 16.0 Å². The molecule has 27 heavy (non-hydrogen) atoms. The minimum absolute atomic E-state index is 0.466. The van der Waals surface area contributed by atoms with Gasteiger partial charge in [0.2, 0.25) is 0 Å². The Hall–Kier alpha value is -3.05. The number of benzene rings is 1. The van der Waals surface area contributed by atoms with Crippen molar-refractivity contribution in [3.8, 4) is 11.1 Å². The van der Waals surface area contributed by atoms with Crippen molar-refractivity contribution < 1.29 is 0 Å². The molecule has 0 fully saturated rings. The molecule has 6 heteroatoms. The lowest BCUT2D eigenvalue weighted by Gasteiger charge is -2.24. The topological polar surface area (TPSA) is 76.5 Å². The van der Waals surface area contributed by atoms with Crippen molar-refractivity contribution in [1.82, 2.24) is 9.97 Å². The number of hydrogen-bond acceptors (Lipinski definition) is 5. The van der Waals surface area contributed by atoms with Gasteiger partial charge in [-0.05, 0) is 36.2 Å². The summed E-state index contributed by atoms with van der Waals surface area (Å²) < 4.78 is 0. The van der Waals surface area contributed by atoms with Crippen LogP contribution in [-0.4, -0.2) is 21.5 Å². The van der Waals surface area contributed by atoms with E-state index in [1.54, 1.807) is 18.6 Å². The minimum Gasteiger partial charge on any atom is -0.382 e. The zero-order valence-corrected chi connectivity index (χ0v) is 15.6. The lowest BCUT2D eigenvalue weighted by atomic mass is 9.91. The van der Waals surface area contributed by atoms with E-state index in [0.29, 0.717) is 17.3 Å². The Kier molecular flexibility index (Phi) is 4.46. The maximum Gasteiger partial charge on any atom is 0.182 e. The van der Waals surface area contributed by atoms with E-state index in [1.807, 2.05) is 49.5 Å². The van der Waals surface area contributed by atoms with Gasteiger partial charge in [-0.3, -0.25) is 15.0 Å². The van der Waals surface area contributed by atoms with E-state index in [0.717, 1.165) is 28.0 Å². The van der Waals surface area contributed by atoms with E-state index >= 15 is 0 Å². The summed E-state index contributed by atoms with van der Waals surface area (Å²) in [5.41, 5.74) is 9.99. The summed E-state index contributed by atoms with van der Waals surface area (Å²) in [5.74, 6) is 0.466. The van der Waals surface area contributed by atoms with E-state index in [9.17, 15) is 0 Å². The molecule has 0 aliphatic carbocycles. The average molecular weight is 376 g/mol. The number of nitrogens with zero attached hydrogens (tertiary/aromatic N) is 4. The molecule has 1 aromatic carbocycles. The second kappa shape index (κ2) is 6.93. The molecule has 1 aliphatic rings. The van der Waals surface area contributed by atoms with Crippen LogP contribution >= 0.6 is 11.6 Å². The summed E-state index contributed by atoms with van der Waals surface area (Å²) >= 11 is 6.10. The van der Waals surface area contributed by atoms with Crippen molar-refractivity contribution in [2.45, 2.75) is 19.0 Å². The molecule has 1 unspecified atom stereocenters. The van der Waals surface area contributed by atoms with E-state index < -0.39 is 5.66 Å². The van der Waals surface area contributed by atoms with Gasteiger partial charge in [0.15, 0.2) is 5.66 Å². The van der Waals surface area contributed by atoms with Crippen LogP contribution in [0.1, 0.15) is 18.1 Å². The minimum atomic E-state index is -0.792. The highest BCUT2D eigenvalue weighted by Crippen LogP contribution is 2.37. The first-order valence-corrected chi connectivity index (χ1v) is 8.96. The van der Waals surface area contributed by atoms with Crippen molar-refractivity contribution in [2.75, 3.05) is 0 Å². The number of nitrogens with two attached hydrogens (primary N) is 1. The highest BCUT2D eigenvalue weighted by Gasteiger charge is 2.36. The van der Waals surface area contributed by atoms with Crippen LogP contribution in [0.15, 0.2) is 77.2 Å². The number of halogens is 1. The molecule has 2 aromatic heterocycles. The fraction of sp³-hybridized carbons (Fsp3) is 0.143. The van der Waals surface area contributed by atoms with Gasteiger partial charge in [0.1, 0.15) is 5.84 Å². The molecular weight excluding hydrogens is 358 g/mol. The molecule has 3 heterocycles. The standard InChI is InChI=1S/C21H18ClN5/c1-14-20(23)27-21(26-14,10-15-4-3-7-24-11-15)18-6-2-5-16(8-18)17-9-19(22)13-25-12-17/h2-9,11-13H,10H2,1H3,(H2,23,27). The van der Waals surface area contributed by atoms with Gasteiger partial charge in [-0.1, -0.05) is 35.9 Å². The number of amidine groups is 1. The van der Waals surface area contributed by atoms with Gasteiger partial charge in [0.25, 0.3) is 0 Å². The number of rotatable bonds is 4. The SMILES string of the molecule is CC1=NC(Cc2cccnc2)(c2cccc(-c3cncc(Cl)c3)c2)N=C1N. The second-order valence-electron chi connectivity index (χ2n) is 6.52. The lowest BCUT2D eigenvalue weighted by Crippen LogP contribution is -2.23. The Morgan fingerprint density at radius 1 is 0.963 bits per heavy atom. The highest BCUT2D eigenvalue weighted by atomic mass is 35.5. The third-order valence-corrected chi connectivity index (χ3v) is 4.77. The lowest BCUT2D eigenvalue weighted by molar-refractivity contribution is 0.479. The van der Waals surface area contributed by atoms with Crippen molar-refractivity contribution in [1.29, 1.82) is 0 Å². The van der Waals surface area contributed by atoms with Crippen LogP contribution in [0.2, 0.25) is 5.02 Å². The molecule has 0 saturated carbocycles. The van der Waals surface area contributed by atoms with Gasteiger partial charge in [-0.15, -0.1) is 0 Å². The van der Waals surface area contributed by atoms with Crippen LogP contribution in [0.25, 0.3) is 11.1 Å². The Balaban J connectivity index is 1.81. The molecule has 0 spiro atoms. The largest absolute Gasteiger partial charge is 0.382 e. The van der Waals surface area contributed by atoms with Gasteiger partial charge in [0.05, 0.1) is 10.7 Å². The summed E-state index contributed by atoms with van der Waals surface area (Å²) in [6, 6.07) is 13.9. The van der Waals surface area contributed by atoms with Crippen molar-refractivity contribution in [2.24, 2.45) is 15.7 Å². The molecular formula is C21H18ClN5. The average Bonchev–Trinajstić information content (AvgIpc) is 2.97. The fourth-order valence-corrected chi connectivity index (χ4v) is 3.43. The van der Waals surface area contributed by atoms with Crippen molar-refractivity contribution >= 4 is 23.1 Å². The third-order valence-electron chi connectivity index (χ3n) is 4.57. The predicted molar refractivity (Wildman–Crippen MR) is 109 cm³/mol. The van der Waals surface area contributed by atoms with Gasteiger partial charge < -0.3 is 5.73 Å². The molecule has 2 N–H and O–H groups in total. The molecule has 4 rings (SSSR count). The predicted octanol–water partition coefficient (Wildman–Crippen LogP) is 4.02. The number of aromatic nitrogens is 2. The molecule has 0 saturated heterocycles. The summed E-state index contributed by atoms with van der Waals surface area (Å²) in [4.78, 5) is 18.0. The van der Waals surface area contributed by atoms with Crippen molar-refractivity contribution in [3.63, 3.8) is 0 Å². The van der Waals surface area contributed by atoms with Gasteiger partial charge >= 0.3 is 0 Å². The van der Waals surface area contributed by atoms with Gasteiger partial charge in [0, 0.05) is 42.3 Å². The number of hydrogen-bond donors (Lipinski definition) is 1. The maximum absolute atomic E-state index is 6.10. The van der Waals surface area contributed by atoms with E-state index in [4.69, 9.17) is 27.3 Å². The Morgan fingerprint density at radius 3 is 2.56 bits per heavy atom.